The number of halogens is 1. The predicted molar refractivity (Wildman–Crippen MR) is 77.3 cm³/mol. The Labute approximate surface area is 117 Å². The fraction of sp³-hybridized carbons (Fsp3) is 0.692. The number of unbranched alkanes of at least 4 members (excludes halogenated alkanes) is 3. The van der Waals surface area contributed by atoms with E-state index in [0.717, 1.165) is 41.7 Å². The Morgan fingerprint density at radius 1 is 1.28 bits per heavy atom. The molecule has 0 atom stereocenters. The summed E-state index contributed by atoms with van der Waals surface area (Å²) in [7, 11) is 1.86. The van der Waals surface area contributed by atoms with Crippen LogP contribution in [0.1, 0.15) is 47.4 Å². The topological polar surface area (TPSA) is 46.9 Å². The van der Waals surface area contributed by atoms with Gasteiger partial charge < -0.3 is 5.32 Å². The molecule has 0 saturated heterocycles. The van der Waals surface area contributed by atoms with Crippen LogP contribution < -0.4 is 5.32 Å². The molecule has 0 unspecified atom stereocenters. The molecule has 102 valence electrons. The summed E-state index contributed by atoms with van der Waals surface area (Å²) < 4.78 is 1.75. The van der Waals surface area contributed by atoms with Crippen LogP contribution in [0.15, 0.2) is 0 Å². The van der Waals surface area contributed by atoms with Crippen molar-refractivity contribution in [2.45, 2.75) is 39.5 Å². The van der Waals surface area contributed by atoms with Crippen molar-refractivity contribution in [1.29, 1.82) is 0 Å². The van der Waals surface area contributed by atoms with Crippen molar-refractivity contribution < 1.29 is 4.79 Å². The lowest BCUT2D eigenvalue weighted by atomic mass is 10.1. The molecule has 1 aromatic rings. The quantitative estimate of drug-likeness (QED) is 0.621. The highest BCUT2D eigenvalue weighted by Gasteiger charge is 2.16. The minimum absolute atomic E-state index is 0.00130. The van der Waals surface area contributed by atoms with Gasteiger partial charge in [-0.25, -0.2) is 0 Å². The van der Waals surface area contributed by atoms with Crippen LogP contribution in [0.4, 0.5) is 0 Å². The number of hydrogen-bond acceptors (Lipinski definition) is 2. The van der Waals surface area contributed by atoms with Crippen LogP contribution in [0.3, 0.4) is 0 Å². The molecule has 5 heteroatoms. The molecule has 0 aliphatic heterocycles. The Hall–Kier alpha value is -0.840. The standard InChI is InChI=1S/C13H22BrN3O/c1-10-12(11(2)17(3)16-10)13(18)15-9-7-5-4-6-8-14/h4-9H2,1-3H3,(H,15,18). The predicted octanol–water partition coefficient (Wildman–Crippen LogP) is 2.72. The Balaban J connectivity index is 2.37. The smallest absolute Gasteiger partial charge is 0.255 e. The first-order valence-corrected chi connectivity index (χ1v) is 7.54. The van der Waals surface area contributed by atoms with Gasteiger partial charge in [0.15, 0.2) is 0 Å². The lowest BCUT2D eigenvalue weighted by molar-refractivity contribution is 0.0951. The van der Waals surface area contributed by atoms with E-state index in [0.29, 0.717) is 0 Å². The van der Waals surface area contributed by atoms with Gasteiger partial charge in [0.25, 0.3) is 5.91 Å². The third-order valence-corrected chi connectivity index (χ3v) is 3.64. The SMILES string of the molecule is Cc1nn(C)c(C)c1C(=O)NCCCCCCBr. The molecule has 0 aliphatic rings. The normalized spacial score (nSPS) is 10.7. The third-order valence-electron chi connectivity index (χ3n) is 3.08. The highest BCUT2D eigenvalue weighted by molar-refractivity contribution is 9.09. The van der Waals surface area contributed by atoms with Gasteiger partial charge in [0, 0.05) is 24.6 Å². The van der Waals surface area contributed by atoms with E-state index < -0.39 is 0 Å². The van der Waals surface area contributed by atoms with Crippen LogP contribution in [0.2, 0.25) is 0 Å². The molecule has 4 nitrogen and oxygen atoms in total. The van der Waals surface area contributed by atoms with Crippen LogP contribution in [0.25, 0.3) is 0 Å². The average molecular weight is 316 g/mol. The average Bonchev–Trinajstić information content (AvgIpc) is 2.58. The Kier molecular flexibility index (Phi) is 6.39. The van der Waals surface area contributed by atoms with E-state index in [-0.39, 0.29) is 5.91 Å². The number of nitrogens with one attached hydrogen (secondary N) is 1. The van der Waals surface area contributed by atoms with Crippen LogP contribution in [-0.2, 0) is 7.05 Å². The zero-order chi connectivity index (χ0) is 13.5. The van der Waals surface area contributed by atoms with Gasteiger partial charge in [-0.1, -0.05) is 28.8 Å². The number of aryl methyl sites for hydroxylation is 2. The number of carbonyl (C=O) groups is 1. The Morgan fingerprint density at radius 2 is 1.94 bits per heavy atom. The van der Waals surface area contributed by atoms with Crippen molar-refractivity contribution >= 4 is 21.8 Å². The molecule has 0 fully saturated rings. The number of carbonyl (C=O) groups excluding carboxylic acids is 1. The number of amides is 1. The van der Waals surface area contributed by atoms with Gasteiger partial charge >= 0.3 is 0 Å². The fourth-order valence-corrected chi connectivity index (χ4v) is 2.36. The maximum Gasteiger partial charge on any atom is 0.255 e. The van der Waals surface area contributed by atoms with Crippen LogP contribution >= 0.6 is 15.9 Å². The van der Waals surface area contributed by atoms with Crippen molar-refractivity contribution in [2.75, 3.05) is 11.9 Å². The largest absolute Gasteiger partial charge is 0.352 e. The molecule has 1 rings (SSSR count). The second kappa shape index (κ2) is 7.56. The van der Waals surface area contributed by atoms with E-state index in [4.69, 9.17) is 0 Å². The van der Waals surface area contributed by atoms with Gasteiger partial charge in [-0.05, 0) is 26.7 Å². The number of rotatable bonds is 7. The van der Waals surface area contributed by atoms with Crippen molar-refractivity contribution in [1.82, 2.24) is 15.1 Å². The van der Waals surface area contributed by atoms with E-state index in [2.05, 4.69) is 26.3 Å². The molecule has 1 N–H and O–H groups in total. The van der Waals surface area contributed by atoms with Gasteiger partial charge in [0.1, 0.15) is 0 Å². The number of nitrogens with zero attached hydrogens (tertiary/aromatic N) is 2. The summed E-state index contributed by atoms with van der Waals surface area (Å²) in [5.74, 6) is -0.00130. The van der Waals surface area contributed by atoms with E-state index in [1.54, 1.807) is 4.68 Å². The number of alkyl halides is 1. The van der Waals surface area contributed by atoms with Crippen LogP contribution in [-0.4, -0.2) is 27.6 Å². The van der Waals surface area contributed by atoms with Crippen LogP contribution in [0.5, 0.6) is 0 Å². The first-order valence-electron chi connectivity index (χ1n) is 6.42. The molecule has 0 radical (unpaired) electrons. The summed E-state index contributed by atoms with van der Waals surface area (Å²) in [5.41, 5.74) is 2.44. The summed E-state index contributed by atoms with van der Waals surface area (Å²) in [6, 6.07) is 0. The zero-order valence-corrected chi connectivity index (χ0v) is 13.0. The lowest BCUT2D eigenvalue weighted by Crippen LogP contribution is -2.25. The molecule has 1 amide bonds. The molecule has 0 aromatic carbocycles. The maximum absolute atomic E-state index is 12.0. The molecule has 0 spiro atoms. The van der Waals surface area contributed by atoms with E-state index in [9.17, 15) is 4.79 Å². The molecule has 0 saturated carbocycles. The maximum atomic E-state index is 12.0. The van der Waals surface area contributed by atoms with Gasteiger partial charge in [0.05, 0.1) is 11.3 Å². The summed E-state index contributed by atoms with van der Waals surface area (Å²) in [5, 5.41) is 8.28. The molecule has 18 heavy (non-hydrogen) atoms. The second-order valence-electron chi connectivity index (χ2n) is 4.53. The van der Waals surface area contributed by atoms with Crippen molar-refractivity contribution in [3.05, 3.63) is 17.0 Å². The van der Waals surface area contributed by atoms with E-state index in [1.165, 1.54) is 12.8 Å². The lowest BCUT2D eigenvalue weighted by Gasteiger charge is -2.05. The van der Waals surface area contributed by atoms with E-state index in [1.807, 2.05) is 20.9 Å². The molecular weight excluding hydrogens is 294 g/mol. The zero-order valence-electron chi connectivity index (χ0n) is 11.4. The van der Waals surface area contributed by atoms with Gasteiger partial charge in [-0.2, -0.15) is 5.10 Å². The van der Waals surface area contributed by atoms with Crippen LogP contribution in [0, 0.1) is 13.8 Å². The minimum atomic E-state index is -0.00130. The fourth-order valence-electron chi connectivity index (χ4n) is 1.97. The first kappa shape index (κ1) is 15.2. The first-order chi connectivity index (χ1) is 8.57. The van der Waals surface area contributed by atoms with E-state index >= 15 is 0 Å². The van der Waals surface area contributed by atoms with Crippen molar-refractivity contribution in [3.8, 4) is 0 Å². The highest BCUT2D eigenvalue weighted by atomic mass is 79.9. The molecule has 1 heterocycles. The highest BCUT2D eigenvalue weighted by Crippen LogP contribution is 2.11. The summed E-state index contributed by atoms with van der Waals surface area (Å²) in [4.78, 5) is 12.0. The minimum Gasteiger partial charge on any atom is -0.352 e. The third kappa shape index (κ3) is 4.12. The summed E-state index contributed by atoms with van der Waals surface area (Å²) >= 11 is 3.41. The Bertz CT molecular complexity index is 401. The number of hydrogen-bond donors (Lipinski definition) is 1. The monoisotopic (exact) mass is 315 g/mol. The van der Waals surface area contributed by atoms with Crippen molar-refractivity contribution in [3.63, 3.8) is 0 Å². The van der Waals surface area contributed by atoms with Gasteiger partial charge in [-0.3, -0.25) is 9.48 Å². The Morgan fingerprint density at radius 3 is 2.50 bits per heavy atom. The summed E-state index contributed by atoms with van der Waals surface area (Å²) in [6.45, 7) is 4.54. The molecule has 0 bridgehead atoms. The van der Waals surface area contributed by atoms with Gasteiger partial charge in [-0.15, -0.1) is 0 Å². The molecular formula is C13H22BrN3O. The number of aromatic nitrogens is 2. The molecule has 0 aliphatic carbocycles. The van der Waals surface area contributed by atoms with Gasteiger partial charge in [0.2, 0.25) is 0 Å². The second-order valence-corrected chi connectivity index (χ2v) is 5.32. The molecule has 1 aromatic heterocycles. The summed E-state index contributed by atoms with van der Waals surface area (Å²) in [6.07, 6.45) is 4.62. The van der Waals surface area contributed by atoms with Crippen molar-refractivity contribution in [2.24, 2.45) is 7.05 Å².